The molecule has 0 bridgehead atoms. The summed E-state index contributed by atoms with van der Waals surface area (Å²) in [4.78, 5) is 2.47. The van der Waals surface area contributed by atoms with Gasteiger partial charge in [-0.2, -0.15) is 0 Å². The molecule has 1 N–H and O–H groups in total. The fourth-order valence-electron chi connectivity index (χ4n) is 2.15. The highest BCUT2D eigenvalue weighted by molar-refractivity contribution is 9.11. The van der Waals surface area contributed by atoms with Crippen molar-refractivity contribution in [2.24, 2.45) is 0 Å². The van der Waals surface area contributed by atoms with E-state index in [-0.39, 0.29) is 17.5 Å². The van der Waals surface area contributed by atoms with Gasteiger partial charge in [-0.25, -0.2) is 13.1 Å². The first-order chi connectivity index (χ1) is 9.92. The summed E-state index contributed by atoms with van der Waals surface area (Å²) in [7, 11) is -3.56. The van der Waals surface area contributed by atoms with Crippen molar-refractivity contribution in [1.29, 1.82) is 0 Å². The molecule has 1 aliphatic rings. The summed E-state index contributed by atoms with van der Waals surface area (Å²) >= 11 is 6.56. The van der Waals surface area contributed by atoms with Crippen LogP contribution in [0.15, 0.2) is 32.0 Å². The van der Waals surface area contributed by atoms with Gasteiger partial charge in [0.1, 0.15) is 0 Å². The van der Waals surface area contributed by atoms with Gasteiger partial charge >= 0.3 is 0 Å². The molecule has 2 rings (SSSR count). The molecule has 0 saturated carbocycles. The van der Waals surface area contributed by atoms with E-state index in [9.17, 15) is 8.42 Å². The summed E-state index contributed by atoms with van der Waals surface area (Å²) in [6.07, 6.45) is -0.112. The highest BCUT2D eigenvalue weighted by atomic mass is 79.9. The Morgan fingerprint density at radius 2 is 2.19 bits per heavy atom. The molecule has 21 heavy (non-hydrogen) atoms. The Labute approximate surface area is 142 Å². The quantitative estimate of drug-likeness (QED) is 0.760. The first kappa shape index (κ1) is 17.4. The summed E-state index contributed by atoms with van der Waals surface area (Å²) in [5.74, 6) is 0. The SMILES string of the molecule is CCN1CCOC(CNS(=O)(=O)c2cc(Br)ccc2Br)C1. The van der Waals surface area contributed by atoms with Crippen LogP contribution in [0, 0.1) is 0 Å². The maximum Gasteiger partial charge on any atom is 0.241 e. The zero-order valence-electron chi connectivity index (χ0n) is 11.7. The molecule has 1 fully saturated rings. The van der Waals surface area contributed by atoms with Gasteiger partial charge in [0.15, 0.2) is 0 Å². The zero-order valence-corrected chi connectivity index (χ0v) is 15.7. The van der Waals surface area contributed by atoms with E-state index in [0.29, 0.717) is 11.1 Å². The first-order valence-corrected chi connectivity index (χ1v) is 9.78. The van der Waals surface area contributed by atoms with E-state index in [2.05, 4.69) is 48.4 Å². The van der Waals surface area contributed by atoms with Gasteiger partial charge in [0.05, 0.1) is 17.6 Å². The van der Waals surface area contributed by atoms with Crippen molar-refractivity contribution in [2.45, 2.75) is 17.9 Å². The summed E-state index contributed by atoms with van der Waals surface area (Å²) < 4.78 is 34.2. The third kappa shape index (κ3) is 4.74. The van der Waals surface area contributed by atoms with E-state index in [1.54, 1.807) is 18.2 Å². The number of likely N-dealkylation sites (N-methyl/N-ethyl adjacent to an activating group) is 1. The van der Waals surface area contributed by atoms with Crippen LogP contribution in [-0.4, -0.2) is 52.2 Å². The van der Waals surface area contributed by atoms with E-state index in [1.165, 1.54) is 0 Å². The molecular formula is C13H18Br2N2O3S. The Kier molecular flexibility index (Phi) is 6.22. The van der Waals surface area contributed by atoms with Crippen LogP contribution in [0.5, 0.6) is 0 Å². The van der Waals surface area contributed by atoms with Crippen LogP contribution in [0.25, 0.3) is 0 Å². The second-order valence-electron chi connectivity index (χ2n) is 4.81. The molecule has 0 aliphatic carbocycles. The van der Waals surface area contributed by atoms with Crippen LogP contribution in [0.1, 0.15) is 6.92 Å². The third-order valence-electron chi connectivity index (χ3n) is 3.35. The molecule has 5 nitrogen and oxygen atoms in total. The average molecular weight is 442 g/mol. The zero-order chi connectivity index (χ0) is 15.5. The van der Waals surface area contributed by atoms with E-state index in [4.69, 9.17) is 4.74 Å². The molecule has 118 valence electrons. The largest absolute Gasteiger partial charge is 0.374 e. The normalized spacial score (nSPS) is 20.6. The molecule has 1 heterocycles. The minimum Gasteiger partial charge on any atom is -0.374 e. The topological polar surface area (TPSA) is 58.6 Å². The number of nitrogens with zero attached hydrogens (tertiary/aromatic N) is 1. The summed E-state index contributed by atoms with van der Waals surface area (Å²) in [5, 5.41) is 0. The number of morpholine rings is 1. The molecule has 1 saturated heterocycles. The predicted octanol–water partition coefficient (Wildman–Crippen LogP) is 2.21. The highest BCUT2D eigenvalue weighted by Crippen LogP contribution is 2.25. The number of halogens is 2. The lowest BCUT2D eigenvalue weighted by atomic mass is 10.3. The van der Waals surface area contributed by atoms with Gasteiger partial charge in [-0.05, 0) is 40.7 Å². The number of sulfonamides is 1. The van der Waals surface area contributed by atoms with Gasteiger partial charge in [-0.15, -0.1) is 0 Å². The van der Waals surface area contributed by atoms with Crippen LogP contribution in [0.4, 0.5) is 0 Å². The van der Waals surface area contributed by atoms with Crippen molar-refractivity contribution in [2.75, 3.05) is 32.8 Å². The Hall–Kier alpha value is 0.01000. The van der Waals surface area contributed by atoms with Crippen molar-refractivity contribution in [3.63, 3.8) is 0 Å². The van der Waals surface area contributed by atoms with Crippen LogP contribution in [0.2, 0.25) is 0 Å². The number of hydrogen-bond acceptors (Lipinski definition) is 4. The van der Waals surface area contributed by atoms with Gasteiger partial charge in [0.25, 0.3) is 0 Å². The maximum absolute atomic E-state index is 12.4. The lowest BCUT2D eigenvalue weighted by Crippen LogP contribution is -2.47. The Morgan fingerprint density at radius 1 is 1.43 bits per heavy atom. The Bertz CT molecular complexity index is 595. The molecule has 0 aromatic heterocycles. The molecule has 1 atom stereocenters. The van der Waals surface area contributed by atoms with Gasteiger partial charge in [-0.1, -0.05) is 22.9 Å². The minimum absolute atomic E-state index is 0.112. The standard InChI is InChI=1S/C13H18Br2N2O3S/c1-2-17-5-6-20-11(9-17)8-16-21(18,19)13-7-10(14)3-4-12(13)15/h3-4,7,11,16H,2,5-6,8-9H2,1H3. The second-order valence-corrected chi connectivity index (χ2v) is 8.32. The molecule has 0 amide bonds. The summed E-state index contributed by atoms with van der Waals surface area (Å²) in [6.45, 7) is 5.60. The lowest BCUT2D eigenvalue weighted by molar-refractivity contribution is -0.0229. The Balaban J connectivity index is 2.03. The molecule has 1 aromatic rings. The maximum atomic E-state index is 12.4. The monoisotopic (exact) mass is 440 g/mol. The number of benzene rings is 1. The van der Waals surface area contributed by atoms with Crippen LogP contribution < -0.4 is 4.72 Å². The van der Waals surface area contributed by atoms with Crippen molar-refractivity contribution >= 4 is 41.9 Å². The van der Waals surface area contributed by atoms with Crippen molar-refractivity contribution in [1.82, 2.24) is 9.62 Å². The number of hydrogen-bond donors (Lipinski definition) is 1. The summed E-state index contributed by atoms with van der Waals surface area (Å²) in [6, 6.07) is 5.06. The molecular weight excluding hydrogens is 424 g/mol. The van der Waals surface area contributed by atoms with Gasteiger partial charge in [-0.3, -0.25) is 4.90 Å². The van der Waals surface area contributed by atoms with Crippen molar-refractivity contribution < 1.29 is 13.2 Å². The van der Waals surface area contributed by atoms with Crippen LogP contribution >= 0.6 is 31.9 Å². The van der Waals surface area contributed by atoms with Gasteiger partial charge in [0, 0.05) is 28.6 Å². The molecule has 1 aromatic carbocycles. The lowest BCUT2D eigenvalue weighted by Gasteiger charge is -2.32. The number of nitrogens with one attached hydrogen (secondary N) is 1. The first-order valence-electron chi connectivity index (χ1n) is 6.71. The molecule has 1 aliphatic heterocycles. The van der Waals surface area contributed by atoms with Crippen LogP contribution in [0.3, 0.4) is 0 Å². The average Bonchev–Trinajstić information content (AvgIpc) is 2.48. The fourth-order valence-corrected chi connectivity index (χ4v) is 4.72. The van der Waals surface area contributed by atoms with Crippen molar-refractivity contribution in [3.05, 3.63) is 27.1 Å². The summed E-state index contributed by atoms with van der Waals surface area (Å²) in [5.41, 5.74) is 0. The predicted molar refractivity (Wildman–Crippen MR) is 88.9 cm³/mol. The highest BCUT2D eigenvalue weighted by Gasteiger charge is 2.23. The molecule has 8 heteroatoms. The Morgan fingerprint density at radius 3 is 2.90 bits per heavy atom. The molecule has 0 radical (unpaired) electrons. The van der Waals surface area contributed by atoms with Crippen molar-refractivity contribution in [3.8, 4) is 0 Å². The molecule has 0 spiro atoms. The van der Waals surface area contributed by atoms with Gasteiger partial charge < -0.3 is 4.74 Å². The molecule has 1 unspecified atom stereocenters. The number of rotatable bonds is 5. The van der Waals surface area contributed by atoms with E-state index < -0.39 is 10.0 Å². The number of ether oxygens (including phenoxy) is 1. The van der Waals surface area contributed by atoms with E-state index in [0.717, 1.165) is 24.1 Å². The second kappa shape index (κ2) is 7.52. The van der Waals surface area contributed by atoms with E-state index >= 15 is 0 Å². The third-order valence-corrected chi connectivity index (χ3v) is 6.26. The van der Waals surface area contributed by atoms with E-state index in [1.807, 2.05) is 0 Å². The van der Waals surface area contributed by atoms with Crippen LogP contribution in [-0.2, 0) is 14.8 Å². The minimum atomic E-state index is -3.56. The fraction of sp³-hybridized carbons (Fsp3) is 0.538. The smallest absolute Gasteiger partial charge is 0.241 e. The van der Waals surface area contributed by atoms with Gasteiger partial charge in [0.2, 0.25) is 10.0 Å².